The Labute approximate surface area is 237 Å². The second kappa shape index (κ2) is 13.5. The van der Waals surface area contributed by atoms with Crippen LogP contribution >= 0.6 is 11.3 Å². The lowest BCUT2D eigenvalue weighted by Crippen LogP contribution is -2.38. The summed E-state index contributed by atoms with van der Waals surface area (Å²) in [5, 5.41) is 7.35. The lowest BCUT2D eigenvalue weighted by Gasteiger charge is -2.28. The molecular weight excluding hydrogens is 532 g/mol. The van der Waals surface area contributed by atoms with Crippen LogP contribution < -0.4 is 15.4 Å². The molecular formula is C28H38N6O3S2. The quantitative estimate of drug-likeness (QED) is 0.263. The number of ether oxygens (including phenoxy) is 1. The van der Waals surface area contributed by atoms with E-state index in [1.165, 1.54) is 0 Å². The number of carbonyl (C=O) groups excluding carboxylic acids is 1. The highest BCUT2D eigenvalue weighted by atomic mass is 32.2. The Morgan fingerprint density at radius 1 is 1.08 bits per heavy atom. The molecule has 3 N–H and O–H groups in total. The molecule has 4 rings (SSSR count). The molecule has 2 aromatic heterocycles. The smallest absolute Gasteiger partial charge is 0.407 e. The van der Waals surface area contributed by atoms with Gasteiger partial charge in [-0.15, -0.1) is 11.3 Å². The summed E-state index contributed by atoms with van der Waals surface area (Å²) in [6.45, 7) is 10.4. The van der Waals surface area contributed by atoms with E-state index in [0.29, 0.717) is 29.1 Å². The van der Waals surface area contributed by atoms with E-state index in [1.807, 2.05) is 45.2 Å². The van der Waals surface area contributed by atoms with Crippen LogP contribution in [0.4, 0.5) is 16.3 Å². The number of anilines is 2. The first-order chi connectivity index (χ1) is 18.7. The average Bonchev–Trinajstić information content (AvgIpc) is 3.39. The molecule has 2 heterocycles. The molecule has 1 atom stereocenters. The SMILES string of the molecule is CCNS(=O)c1cc(Nc2cnc(C(C)C)cn2)ccc1-c1cnc(C2CCC(NC(=O)OC(C)C)CC2)s1. The number of hydrogen-bond donors (Lipinski definition) is 3. The Morgan fingerprint density at radius 2 is 1.85 bits per heavy atom. The minimum atomic E-state index is -1.38. The predicted molar refractivity (Wildman–Crippen MR) is 157 cm³/mol. The van der Waals surface area contributed by atoms with Gasteiger partial charge in [0.15, 0.2) is 0 Å². The highest BCUT2D eigenvalue weighted by Gasteiger charge is 2.26. The van der Waals surface area contributed by atoms with Crippen molar-refractivity contribution in [2.24, 2.45) is 0 Å². The number of aromatic nitrogens is 3. The van der Waals surface area contributed by atoms with E-state index in [1.54, 1.807) is 23.7 Å². The third-order valence-corrected chi connectivity index (χ3v) is 9.00. The number of benzene rings is 1. The third kappa shape index (κ3) is 7.83. The molecule has 0 radical (unpaired) electrons. The van der Waals surface area contributed by atoms with Crippen LogP contribution in [0.1, 0.15) is 82.8 Å². The van der Waals surface area contributed by atoms with Crippen LogP contribution in [0.15, 0.2) is 41.7 Å². The van der Waals surface area contributed by atoms with Crippen molar-refractivity contribution in [1.82, 2.24) is 25.0 Å². The van der Waals surface area contributed by atoms with E-state index in [4.69, 9.17) is 9.72 Å². The van der Waals surface area contributed by atoms with Crippen molar-refractivity contribution in [2.45, 2.75) is 89.2 Å². The summed E-state index contributed by atoms with van der Waals surface area (Å²) in [5.74, 6) is 1.29. The Bertz CT molecular complexity index is 1270. The molecule has 0 saturated heterocycles. The number of nitrogens with zero attached hydrogens (tertiary/aromatic N) is 3. The highest BCUT2D eigenvalue weighted by Crippen LogP contribution is 2.39. The molecule has 1 aliphatic rings. The van der Waals surface area contributed by atoms with Gasteiger partial charge in [0, 0.05) is 36.0 Å². The summed E-state index contributed by atoms with van der Waals surface area (Å²) in [6.07, 6.45) is 8.60. The van der Waals surface area contributed by atoms with Crippen LogP contribution in [0.5, 0.6) is 0 Å². The van der Waals surface area contributed by atoms with Crippen molar-refractivity contribution in [3.63, 3.8) is 0 Å². The molecule has 3 aromatic rings. The fraction of sp³-hybridized carbons (Fsp3) is 0.500. The lowest BCUT2D eigenvalue weighted by molar-refractivity contribution is 0.109. The van der Waals surface area contributed by atoms with E-state index in [2.05, 4.69) is 39.2 Å². The molecule has 1 fully saturated rings. The first-order valence-electron chi connectivity index (χ1n) is 13.5. The molecule has 0 spiro atoms. The van der Waals surface area contributed by atoms with Gasteiger partial charge in [0.2, 0.25) is 0 Å². The van der Waals surface area contributed by atoms with Gasteiger partial charge in [-0.1, -0.05) is 26.8 Å². The van der Waals surface area contributed by atoms with E-state index in [-0.39, 0.29) is 18.2 Å². The van der Waals surface area contributed by atoms with Gasteiger partial charge in [0.25, 0.3) is 0 Å². The maximum atomic E-state index is 13.1. The van der Waals surface area contributed by atoms with Crippen LogP contribution in [-0.4, -0.2) is 43.9 Å². The van der Waals surface area contributed by atoms with Gasteiger partial charge >= 0.3 is 6.09 Å². The standard InChI is InChI=1S/C28H38N6O3S2/c1-6-32-39(36)25-13-21(33-26-16-29-23(14-30-26)17(2)3)11-12-22(25)24-15-31-27(38-24)19-7-9-20(10-8-19)34-28(35)37-18(4)5/h11-20,32H,6-10H2,1-5H3,(H,30,33)(H,34,35). The number of carbonyl (C=O) groups is 1. The number of thiazole rings is 1. The van der Waals surface area contributed by atoms with E-state index in [9.17, 15) is 9.00 Å². The number of amides is 1. The van der Waals surface area contributed by atoms with E-state index >= 15 is 0 Å². The molecule has 1 aliphatic carbocycles. The van der Waals surface area contributed by atoms with Crippen LogP contribution in [0.25, 0.3) is 10.4 Å². The Hall–Kier alpha value is -2.89. The summed E-state index contributed by atoms with van der Waals surface area (Å²) in [6, 6.07) is 5.99. The predicted octanol–water partition coefficient (Wildman–Crippen LogP) is 6.26. The monoisotopic (exact) mass is 570 g/mol. The number of nitrogens with one attached hydrogen (secondary N) is 3. The van der Waals surface area contributed by atoms with Crippen molar-refractivity contribution >= 4 is 39.9 Å². The molecule has 1 saturated carbocycles. The second-order valence-electron chi connectivity index (χ2n) is 10.3. The third-order valence-electron chi connectivity index (χ3n) is 6.52. The maximum Gasteiger partial charge on any atom is 0.407 e. The van der Waals surface area contributed by atoms with Crippen molar-refractivity contribution in [1.29, 1.82) is 0 Å². The molecule has 1 aromatic carbocycles. The molecule has 0 aliphatic heterocycles. The van der Waals surface area contributed by atoms with Crippen molar-refractivity contribution in [3.05, 3.63) is 47.5 Å². The zero-order valence-electron chi connectivity index (χ0n) is 23.2. The first kappa shape index (κ1) is 29.1. The topological polar surface area (TPSA) is 118 Å². The number of rotatable bonds is 10. The summed E-state index contributed by atoms with van der Waals surface area (Å²) in [5.41, 5.74) is 2.62. The van der Waals surface area contributed by atoms with Crippen LogP contribution in [0, 0.1) is 0 Å². The van der Waals surface area contributed by atoms with Crippen molar-refractivity contribution in [3.8, 4) is 10.4 Å². The van der Waals surface area contributed by atoms with Crippen molar-refractivity contribution < 1.29 is 13.7 Å². The largest absolute Gasteiger partial charge is 0.447 e. The highest BCUT2D eigenvalue weighted by molar-refractivity contribution is 7.83. The van der Waals surface area contributed by atoms with Gasteiger partial charge in [-0.3, -0.25) is 4.98 Å². The fourth-order valence-electron chi connectivity index (χ4n) is 4.51. The molecule has 210 valence electrons. The lowest BCUT2D eigenvalue weighted by atomic mass is 9.86. The minimum absolute atomic E-state index is 0.128. The van der Waals surface area contributed by atoms with E-state index in [0.717, 1.165) is 52.5 Å². The summed E-state index contributed by atoms with van der Waals surface area (Å²) in [4.78, 5) is 27.3. The van der Waals surface area contributed by atoms with Gasteiger partial charge in [-0.25, -0.2) is 23.7 Å². The molecule has 9 nitrogen and oxygen atoms in total. The van der Waals surface area contributed by atoms with Crippen molar-refractivity contribution in [2.75, 3.05) is 11.9 Å². The van der Waals surface area contributed by atoms with Gasteiger partial charge < -0.3 is 15.4 Å². The molecule has 1 unspecified atom stereocenters. The van der Waals surface area contributed by atoms with Crippen LogP contribution in [0.2, 0.25) is 0 Å². The van der Waals surface area contributed by atoms with E-state index < -0.39 is 11.0 Å². The van der Waals surface area contributed by atoms with Crippen LogP contribution in [0.3, 0.4) is 0 Å². The maximum absolute atomic E-state index is 13.1. The van der Waals surface area contributed by atoms with Gasteiger partial charge in [0.05, 0.1) is 39.0 Å². The van der Waals surface area contributed by atoms with Gasteiger partial charge in [-0.2, -0.15) is 0 Å². The number of alkyl carbamates (subject to hydrolysis) is 1. The summed E-state index contributed by atoms with van der Waals surface area (Å²) < 4.78 is 21.4. The van der Waals surface area contributed by atoms with Gasteiger partial charge in [0.1, 0.15) is 16.8 Å². The molecule has 39 heavy (non-hydrogen) atoms. The second-order valence-corrected chi connectivity index (χ2v) is 12.6. The summed E-state index contributed by atoms with van der Waals surface area (Å²) >= 11 is 1.65. The Morgan fingerprint density at radius 3 is 2.49 bits per heavy atom. The minimum Gasteiger partial charge on any atom is -0.447 e. The Balaban J connectivity index is 1.47. The Kier molecular flexibility index (Phi) is 10.0. The summed E-state index contributed by atoms with van der Waals surface area (Å²) in [7, 11) is -1.38. The molecule has 1 amide bonds. The molecule has 0 bridgehead atoms. The average molecular weight is 571 g/mol. The fourth-order valence-corrected chi connectivity index (χ4v) is 6.74. The first-order valence-corrected chi connectivity index (χ1v) is 15.5. The number of hydrogen-bond acceptors (Lipinski definition) is 8. The zero-order chi connectivity index (χ0) is 27.9. The van der Waals surface area contributed by atoms with Crippen LogP contribution in [-0.2, 0) is 15.7 Å². The molecule has 11 heteroatoms. The zero-order valence-corrected chi connectivity index (χ0v) is 24.8. The normalized spacial score (nSPS) is 18.2. The van der Waals surface area contributed by atoms with Gasteiger partial charge in [-0.05, 0) is 57.6 Å².